The summed E-state index contributed by atoms with van der Waals surface area (Å²) in [5, 5.41) is 3.06. The summed E-state index contributed by atoms with van der Waals surface area (Å²) in [5.74, 6) is 1.50. The summed E-state index contributed by atoms with van der Waals surface area (Å²) in [4.78, 5) is 8.37. The molecule has 0 bridgehead atoms. The van der Waals surface area contributed by atoms with Crippen molar-refractivity contribution >= 4 is 0 Å². The number of hydrogen-bond donors (Lipinski definition) is 1. The lowest BCUT2D eigenvalue weighted by Crippen LogP contribution is -2.39. The minimum Gasteiger partial charge on any atom is -0.477 e. The summed E-state index contributed by atoms with van der Waals surface area (Å²) in [6.07, 6.45) is -0.193. The van der Waals surface area contributed by atoms with Crippen LogP contribution in [-0.2, 0) is 0 Å². The first-order valence-electron chi connectivity index (χ1n) is 5.93. The van der Waals surface area contributed by atoms with Gasteiger partial charge in [-0.25, -0.2) is 9.37 Å². The van der Waals surface area contributed by atoms with Crippen molar-refractivity contribution in [2.24, 2.45) is 5.92 Å². The molecule has 2 unspecified atom stereocenters. The zero-order valence-corrected chi connectivity index (χ0v) is 10.2. The summed E-state index contributed by atoms with van der Waals surface area (Å²) in [5.41, 5.74) is 0.887. The lowest BCUT2D eigenvalue weighted by atomic mass is 9.99. The van der Waals surface area contributed by atoms with Crippen molar-refractivity contribution in [1.82, 2.24) is 15.3 Å². The molecular weight excluding hydrogens is 221 g/mol. The number of alkyl halides is 1. The van der Waals surface area contributed by atoms with Gasteiger partial charge < -0.3 is 10.1 Å². The minimum absolute atomic E-state index is 0.217. The summed E-state index contributed by atoms with van der Waals surface area (Å²) in [7, 11) is 0. The van der Waals surface area contributed by atoms with Gasteiger partial charge in [-0.05, 0) is 20.3 Å². The third-order valence-electron chi connectivity index (χ3n) is 2.80. The lowest BCUT2D eigenvalue weighted by Gasteiger charge is -2.25. The Morgan fingerprint density at radius 1 is 1.41 bits per heavy atom. The van der Waals surface area contributed by atoms with Crippen LogP contribution >= 0.6 is 0 Å². The molecule has 0 amide bonds. The third-order valence-corrected chi connectivity index (χ3v) is 2.80. The van der Waals surface area contributed by atoms with Crippen LogP contribution in [0.2, 0.25) is 0 Å². The number of hydrogen-bond acceptors (Lipinski definition) is 4. The van der Waals surface area contributed by atoms with Crippen molar-refractivity contribution in [3.05, 3.63) is 17.6 Å². The number of nitrogens with zero attached hydrogens (tertiary/aromatic N) is 2. The van der Waals surface area contributed by atoms with E-state index in [-0.39, 0.29) is 5.92 Å². The molecule has 17 heavy (non-hydrogen) atoms. The summed E-state index contributed by atoms with van der Waals surface area (Å²) >= 11 is 0. The largest absolute Gasteiger partial charge is 0.477 e. The molecule has 4 nitrogen and oxygen atoms in total. The van der Waals surface area contributed by atoms with E-state index in [1.165, 1.54) is 0 Å². The molecule has 1 aromatic rings. The van der Waals surface area contributed by atoms with Gasteiger partial charge in [-0.15, -0.1) is 0 Å². The van der Waals surface area contributed by atoms with Gasteiger partial charge >= 0.3 is 0 Å². The Morgan fingerprint density at radius 3 is 2.94 bits per heavy atom. The van der Waals surface area contributed by atoms with Crippen LogP contribution in [0.15, 0.2) is 6.07 Å². The molecule has 0 radical (unpaired) electrons. The van der Waals surface area contributed by atoms with Crippen LogP contribution < -0.4 is 10.1 Å². The Labute approximate surface area is 101 Å². The molecule has 1 aliphatic heterocycles. The number of aryl methyl sites for hydroxylation is 2. The molecule has 0 aromatic carbocycles. The van der Waals surface area contributed by atoms with Gasteiger partial charge in [-0.2, -0.15) is 4.98 Å². The van der Waals surface area contributed by atoms with Gasteiger partial charge in [-0.1, -0.05) is 0 Å². The minimum atomic E-state index is -0.758. The monoisotopic (exact) mass is 239 g/mol. The van der Waals surface area contributed by atoms with Gasteiger partial charge in [0.05, 0.1) is 6.61 Å². The van der Waals surface area contributed by atoms with E-state index in [9.17, 15) is 4.39 Å². The van der Waals surface area contributed by atoms with Crippen molar-refractivity contribution in [3.8, 4) is 5.88 Å². The molecule has 1 aliphatic rings. The average molecular weight is 239 g/mol. The molecule has 1 saturated heterocycles. The number of rotatable bonds is 3. The van der Waals surface area contributed by atoms with Crippen LogP contribution in [-0.4, -0.2) is 35.8 Å². The number of halogens is 1. The number of ether oxygens (including phenoxy) is 1. The number of aromatic nitrogens is 2. The summed E-state index contributed by atoms with van der Waals surface area (Å²) in [6, 6.07) is 1.80. The van der Waals surface area contributed by atoms with Crippen molar-refractivity contribution in [3.63, 3.8) is 0 Å². The van der Waals surface area contributed by atoms with Gasteiger partial charge in [0.15, 0.2) is 0 Å². The van der Waals surface area contributed by atoms with Crippen molar-refractivity contribution in [2.45, 2.75) is 26.4 Å². The smallest absolute Gasteiger partial charge is 0.216 e. The molecule has 1 N–H and O–H groups in total. The van der Waals surface area contributed by atoms with E-state index < -0.39 is 6.17 Å². The van der Waals surface area contributed by atoms with E-state index >= 15 is 0 Å². The standard InChI is InChI=1S/C12H18FN3O/c1-8-3-12(16-9(2)15-8)17-7-10-4-11(13)6-14-5-10/h3,10-11,14H,4-7H2,1-2H3. The third kappa shape index (κ3) is 3.63. The van der Waals surface area contributed by atoms with Crippen LogP contribution in [0.5, 0.6) is 5.88 Å². The zero-order chi connectivity index (χ0) is 12.3. The molecule has 2 atom stereocenters. The first kappa shape index (κ1) is 12.2. The second-order valence-electron chi connectivity index (χ2n) is 4.56. The van der Waals surface area contributed by atoms with E-state index in [0.717, 1.165) is 12.2 Å². The molecule has 0 aliphatic carbocycles. The fraction of sp³-hybridized carbons (Fsp3) is 0.667. The maximum absolute atomic E-state index is 13.1. The van der Waals surface area contributed by atoms with E-state index in [1.807, 2.05) is 13.8 Å². The molecule has 2 heterocycles. The van der Waals surface area contributed by atoms with E-state index in [4.69, 9.17) is 4.74 Å². The van der Waals surface area contributed by atoms with E-state index in [1.54, 1.807) is 6.07 Å². The van der Waals surface area contributed by atoms with Crippen LogP contribution in [0.25, 0.3) is 0 Å². The normalized spacial score (nSPS) is 24.6. The molecule has 0 spiro atoms. The van der Waals surface area contributed by atoms with Gasteiger partial charge in [0, 0.05) is 30.8 Å². The van der Waals surface area contributed by atoms with Crippen LogP contribution in [0.1, 0.15) is 17.9 Å². The maximum Gasteiger partial charge on any atom is 0.216 e. The highest BCUT2D eigenvalue weighted by Crippen LogP contribution is 2.16. The molecule has 1 fully saturated rings. The highest BCUT2D eigenvalue weighted by Gasteiger charge is 2.21. The van der Waals surface area contributed by atoms with Gasteiger partial charge in [-0.3, -0.25) is 0 Å². The molecular formula is C12H18FN3O. The summed E-state index contributed by atoms with van der Waals surface area (Å²) < 4.78 is 18.7. The highest BCUT2D eigenvalue weighted by molar-refractivity contribution is 5.14. The molecule has 5 heteroatoms. The Balaban J connectivity index is 1.88. The SMILES string of the molecule is Cc1cc(OCC2CNCC(F)C2)nc(C)n1. The molecule has 0 saturated carbocycles. The maximum atomic E-state index is 13.1. The van der Waals surface area contributed by atoms with Crippen molar-refractivity contribution < 1.29 is 9.13 Å². The van der Waals surface area contributed by atoms with Gasteiger partial charge in [0.25, 0.3) is 0 Å². The Bertz CT molecular complexity index is 366. The second-order valence-corrected chi connectivity index (χ2v) is 4.56. The van der Waals surface area contributed by atoms with Crippen molar-refractivity contribution in [1.29, 1.82) is 0 Å². The quantitative estimate of drug-likeness (QED) is 0.866. The molecule has 94 valence electrons. The molecule has 1 aromatic heterocycles. The van der Waals surface area contributed by atoms with Crippen molar-refractivity contribution in [2.75, 3.05) is 19.7 Å². The van der Waals surface area contributed by atoms with Crippen LogP contribution in [0, 0.1) is 19.8 Å². The number of piperidine rings is 1. The van der Waals surface area contributed by atoms with Crippen LogP contribution in [0.3, 0.4) is 0 Å². The first-order valence-corrected chi connectivity index (χ1v) is 5.93. The Kier molecular flexibility index (Phi) is 3.89. The topological polar surface area (TPSA) is 47.0 Å². The second kappa shape index (κ2) is 5.40. The van der Waals surface area contributed by atoms with Gasteiger partial charge in [0.2, 0.25) is 5.88 Å². The predicted molar refractivity (Wildman–Crippen MR) is 62.9 cm³/mol. The fourth-order valence-corrected chi connectivity index (χ4v) is 2.06. The van der Waals surface area contributed by atoms with Gasteiger partial charge in [0.1, 0.15) is 12.0 Å². The molecule has 2 rings (SSSR count). The highest BCUT2D eigenvalue weighted by atomic mass is 19.1. The van der Waals surface area contributed by atoms with E-state index in [0.29, 0.717) is 31.3 Å². The number of nitrogens with one attached hydrogen (secondary N) is 1. The fourth-order valence-electron chi connectivity index (χ4n) is 2.06. The average Bonchev–Trinajstić information content (AvgIpc) is 2.25. The predicted octanol–water partition coefficient (Wildman–Crippen LogP) is 1.42. The summed E-state index contributed by atoms with van der Waals surface area (Å²) in [6.45, 7) is 5.51. The Morgan fingerprint density at radius 2 is 2.24 bits per heavy atom. The van der Waals surface area contributed by atoms with Crippen LogP contribution in [0.4, 0.5) is 4.39 Å². The first-order chi connectivity index (χ1) is 8.13. The zero-order valence-electron chi connectivity index (χ0n) is 10.2. The van der Waals surface area contributed by atoms with E-state index in [2.05, 4.69) is 15.3 Å². The lowest BCUT2D eigenvalue weighted by molar-refractivity contribution is 0.156. The Hall–Kier alpha value is -1.23.